The number of nitrogen functional groups attached to an aromatic ring is 1. The van der Waals surface area contributed by atoms with Crippen LogP contribution in [0.1, 0.15) is 23.2 Å². The third-order valence-electron chi connectivity index (χ3n) is 8.74. The predicted octanol–water partition coefficient (Wildman–Crippen LogP) is 6.56. The minimum absolute atomic E-state index is 0.109. The summed E-state index contributed by atoms with van der Waals surface area (Å²) < 4.78 is 31.7. The van der Waals surface area contributed by atoms with E-state index in [1.165, 1.54) is 30.5 Å². The van der Waals surface area contributed by atoms with Crippen molar-refractivity contribution in [3.8, 4) is 50.9 Å². The number of carbonyl (C=O) groups excluding carboxylic acids is 1. The van der Waals surface area contributed by atoms with Crippen molar-refractivity contribution in [2.45, 2.75) is 19.4 Å². The Morgan fingerprint density at radius 1 is 0.939 bits per heavy atom. The number of methoxy groups -OCH3 is 2. The molecule has 1 saturated heterocycles. The van der Waals surface area contributed by atoms with Crippen LogP contribution in [-0.4, -0.2) is 42.9 Å². The highest BCUT2D eigenvalue weighted by atomic mass is 19.1. The Labute approximate surface area is 282 Å². The zero-order chi connectivity index (χ0) is 34.5. The van der Waals surface area contributed by atoms with Gasteiger partial charge in [-0.15, -0.1) is 0 Å². The first kappa shape index (κ1) is 32.9. The number of nitrogens with one attached hydrogen (secondary N) is 1. The molecule has 1 amide bonds. The van der Waals surface area contributed by atoms with Crippen LogP contribution in [-0.2, 0) is 11.3 Å². The average molecular weight is 660 g/mol. The summed E-state index contributed by atoms with van der Waals surface area (Å²) in [5.41, 5.74) is 9.21. The van der Waals surface area contributed by atoms with Crippen LogP contribution in [0.3, 0.4) is 0 Å². The average Bonchev–Trinajstić information content (AvgIpc) is 3.13. The molecule has 1 aliphatic heterocycles. The molecular formula is C38H34FN5O5. The number of aromatic nitrogens is 2. The molecule has 1 aliphatic rings. The first-order valence-corrected chi connectivity index (χ1v) is 15.6. The van der Waals surface area contributed by atoms with Gasteiger partial charge in [-0.3, -0.25) is 9.59 Å². The second-order valence-corrected chi connectivity index (χ2v) is 11.9. The maximum absolute atomic E-state index is 13.7. The number of halogens is 1. The van der Waals surface area contributed by atoms with E-state index in [-0.39, 0.29) is 17.7 Å². The Kier molecular flexibility index (Phi) is 9.42. The van der Waals surface area contributed by atoms with Gasteiger partial charge in [-0.05, 0) is 72.0 Å². The number of nitriles is 1. The molecule has 0 atom stereocenters. The quantitative estimate of drug-likeness (QED) is 0.181. The van der Waals surface area contributed by atoms with E-state index >= 15 is 0 Å². The monoisotopic (exact) mass is 659 g/mol. The Morgan fingerprint density at radius 3 is 2.27 bits per heavy atom. The van der Waals surface area contributed by atoms with Gasteiger partial charge in [0.2, 0.25) is 5.43 Å². The number of nitrogens with two attached hydrogens (primary N) is 1. The molecular weight excluding hydrogens is 625 g/mol. The molecule has 0 unspecified atom stereocenters. The maximum atomic E-state index is 13.7. The number of rotatable bonds is 9. The van der Waals surface area contributed by atoms with E-state index in [0.29, 0.717) is 60.2 Å². The van der Waals surface area contributed by atoms with E-state index in [1.807, 2.05) is 24.3 Å². The van der Waals surface area contributed by atoms with Crippen LogP contribution in [0.25, 0.3) is 33.4 Å². The van der Waals surface area contributed by atoms with Gasteiger partial charge in [-0.25, -0.2) is 9.37 Å². The largest absolute Gasteiger partial charge is 0.493 e. The highest BCUT2D eigenvalue weighted by molar-refractivity contribution is 6.04. The molecule has 2 aromatic heterocycles. The van der Waals surface area contributed by atoms with Crippen molar-refractivity contribution in [1.82, 2.24) is 9.55 Å². The van der Waals surface area contributed by atoms with Gasteiger partial charge in [0, 0.05) is 60.7 Å². The number of hydrogen-bond donors (Lipinski definition) is 2. The summed E-state index contributed by atoms with van der Waals surface area (Å²) in [7, 11) is 3.15. The molecule has 3 aromatic carbocycles. The van der Waals surface area contributed by atoms with Crippen LogP contribution < -0.4 is 26.0 Å². The first-order valence-electron chi connectivity index (χ1n) is 15.6. The normalized spacial score (nSPS) is 13.7. The van der Waals surface area contributed by atoms with Gasteiger partial charge in [0.25, 0.3) is 5.91 Å². The van der Waals surface area contributed by atoms with Crippen LogP contribution in [0.2, 0.25) is 0 Å². The Balaban J connectivity index is 1.29. The summed E-state index contributed by atoms with van der Waals surface area (Å²) in [4.78, 5) is 31.7. The molecule has 3 heterocycles. The minimum Gasteiger partial charge on any atom is -0.493 e. The number of hydrogen-bond acceptors (Lipinski definition) is 8. The highest BCUT2D eigenvalue weighted by Gasteiger charge is 2.33. The lowest BCUT2D eigenvalue weighted by Crippen LogP contribution is -2.33. The van der Waals surface area contributed by atoms with Gasteiger partial charge in [-0.1, -0.05) is 30.3 Å². The number of ether oxygens (including phenoxy) is 3. The van der Waals surface area contributed by atoms with E-state index in [1.54, 1.807) is 55.4 Å². The van der Waals surface area contributed by atoms with E-state index in [2.05, 4.69) is 16.4 Å². The number of anilines is 2. The molecule has 0 radical (unpaired) electrons. The van der Waals surface area contributed by atoms with Crippen LogP contribution in [0.4, 0.5) is 15.9 Å². The molecule has 5 aromatic rings. The van der Waals surface area contributed by atoms with E-state index in [0.717, 1.165) is 16.7 Å². The molecule has 0 aliphatic carbocycles. The van der Waals surface area contributed by atoms with Crippen molar-refractivity contribution in [2.75, 3.05) is 38.5 Å². The summed E-state index contributed by atoms with van der Waals surface area (Å²) in [5.74, 6) is 0.460. The lowest BCUT2D eigenvalue weighted by atomic mass is 9.81. The SMILES string of the molecule is COc1ccc(-c2cnc(N)c(-c3ccc(NC(=O)c4cn(CC5(C#N)CCOCC5)cc(-c5ccc(F)cc5)c4=O)cc3)c2)cc1OC. The summed E-state index contributed by atoms with van der Waals surface area (Å²) >= 11 is 0. The number of carbonyl (C=O) groups is 1. The van der Waals surface area contributed by atoms with Crippen molar-refractivity contribution in [1.29, 1.82) is 5.26 Å². The third-order valence-corrected chi connectivity index (χ3v) is 8.74. The number of benzene rings is 3. The van der Waals surface area contributed by atoms with Crippen LogP contribution in [0, 0.1) is 22.6 Å². The summed E-state index contributed by atoms with van der Waals surface area (Å²) in [5, 5.41) is 12.9. The Bertz CT molecular complexity index is 2100. The fraction of sp³-hybridized carbons (Fsp3) is 0.211. The van der Waals surface area contributed by atoms with Crippen molar-refractivity contribution >= 4 is 17.4 Å². The zero-order valence-corrected chi connectivity index (χ0v) is 27.0. The van der Waals surface area contributed by atoms with Crippen LogP contribution in [0.15, 0.2) is 96.2 Å². The number of nitrogens with zero attached hydrogens (tertiary/aromatic N) is 3. The van der Waals surface area contributed by atoms with Gasteiger partial charge in [0.1, 0.15) is 17.2 Å². The van der Waals surface area contributed by atoms with E-state index in [9.17, 15) is 19.2 Å². The van der Waals surface area contributed by atoms with Gasteiger partial charge in [0.15, 0.2) is 11.5 Å². The van der Waals surface area contributed by atoms with Gasteiger partial charge < -0.3 is 29.8 Å². The van der Waals surface area contributed by atoms with Crippen LogP contribution >= 0.6 is 0 Å². The van der Waals surface area contributed by atoms with Crippen molar-refractivity contribution in [3.05, 3.63) is 113 Å². The van der Waals surface area contributed by atoms with Gasteiger partial charge in [-0.2, -0.15) is 5.26 Å². The van der Waals surface area contributed by atoms with Crippen molar-refractivity contribution in [2.24, 2.45) is 5.41 Å². The Hall–Kier alpha value is -5.99. The summed E-state index contributed by atoms with van der Waals surface area (Å²) in [6, 6.07) is 22.5. The van der Waals surface area contributed by atoms with Crippen molar-refractivity contribution < 1.29 is 23.4 Å². The summed E-state index contributed by atoms with van der Waals surface area (Å²) in [6.45, 7) is 1.16. The summed E-state index contributed by atoms with van der Waals surface area (Å²) in [6.07, 6.45) is 5.81. The standard InChI is InChI=1S/C38H34FN5O5/c1-47-33-12-7-26(18-34(33)48-2)27-17-30(36(41)42-19-27)24-5-10-29(11-6-24)43-37(46)32-21-44(23-38(22-40)13-15-49-16-14-38)20-31(35(32)45)25-3-8-28(39)9-4-25/h3-12,17-21H,13-16,23H2,1-2H3,(H2,41,42)(H,43,46). The predicted molar refractivity (Wildman–Crippen MR) is 185 cm³/mol. The van der Waals surface area contributed by atoms with Crippen LogP contribution in [0.5, 0.6) is 11.5 Å². The first-order chi connectivity index (χ1) is 23.7. The highest BCUT2D eigenvalue weighted by Crippen LogP contribution is 2.35. The molecule has 11 heteroatoms. The molecule has 10 nitrogen and oxygen atoms in total. The minimum atomic E-state index is -0.718. The molecule has 0 bridgehead atoms. The lowest BCUT2D eigenvalue weighted by Gasteiger charge is -2.31. The second kappa shape index (κ2) is 14.0. The molecule has 49 heavy (non-hydrogen) atoms. The number of pyridine rings is 2. The van der Waals surface area contributed by atoms with Gasteiger partial charge >= 0.3 is 0 Å². The van der Waals surface area contributed by atoms with E-state index < -0.39 is 22.6 Å². The second-order valence-electron chi connectivity index (χ2n) is 11.9. The third kappa shape index (κ3) is 7.00. The molecule has 3 N–H and O–H groups in total. The van der Waals surface area contributed by atoms with E-state index in [4.69, 9.17) is 19.9 Å². The lowest BCUT2D eigenvalue weighted by molar-refractivity contribution is 0.0332. The smallest absolute Gasteiger partial charge is 0.261 e. The zero-order valence-electron chi connectivity index (χ0n) is 27.0. The maximum Gasteiger partial charge on any atom is 0.261 e. The van der Waals surface area contributed by atoms with Crippen molar-refractivity contribution in [3.63, 3.8) is 0 Å². The number of amides is 1. The molecule has 0 spiro atoms. The molecule has 0 saturated carbocycles. The fourth-order valence-corrected chi connectivity index (χ4v) is 5.95. The molecule has 1 fully saturated rings. The molecule has 248 valence electrons. The topological polar surface area (TPSA) is 141 Å². The fourth-order valence-electron chi connectivity index (χ4n) is 5.95. The van der Waals surface area contributed by atoms with Gasteiger partial charge in [0.05, 0.1) is 25.7 Å². The molecule has 6 rings (SSSR count). The Morgan fingerprint density at radius 2 is 1.59 bits per heavy atom.